The lowest BCUT2D eigenvalue weighted by molar-refractivity contribution is -0.138. The standard InChI is InChI=1S/C22H24FO5P/c1-14-9-15(2)19(20(10-14)17-6-7-21(23)16(3)11-17)5-4-8-28-29(27)13-18(24)12-22(25)26/h6-7,9-11,18,24,29H,8,12-13H2,1-3H3,(H,25,26). The molecule has 2 aromatic carbocycles. The Morgan fingerprint density at radius 3 is 2.59 bits per heavy atom. The number of benzene rings is 2. The first-order chi connectivity index (χ1) is 13.7. The van der Waals surface area contributed by atoms with Crippen molar-refractivity contribution in [2.24, 2.45) is 0 Å². The van der Waals surface area contributed by atoms with Crippen molar-refractivity contribution in [2.45, 2.75) is 33.3 Å². The smallest absolute Gasteiger partial charge is 0.305 e. The summed E-state index contributed by atoms with van der Waals surface area (Å²) in [4.78, 5) is 10.5. The topological polar surface area (TPSA) is 83.8 Å². The number of hydrogen-bond acceptors (Lipinski definition) is 4. The van der Waals surface area contributed by atoms with Crippen molar-refractivity contribution in [3.05, 3.63) is 58.4 Å². The number of aryl methyl sites for hydroxylation is 3. The number of hydrogen-bond donors (Lipinski definition) is 2. The molecule has 0 saturated carbocycles. The van der Waals surface area contributed by atoms with E-state index in [4.69, 9.17) is 9.63 Å². The van der Waals surface area contributed by atoms with Gasteiger partial charge in [-0.25, -0.2) is 4.39 Å². The minimum absolute atomic E-state index is 0.104. The molecule has 0 aliphatic rings. The highest BCUT2D eigenvalue weighted by molar-refractivity contribution is 7.39. The SMILES string of the molecule is Cc1cc(C)c(C#CCO[PH](=O)CC(O)CC(=O)O)c(-c2ccc(F)c(C)c2)c1. The van der Waals surface area contributed by atoms with E-state index in [0.717, 1.165) is 27.8 Å². The molecule has 0 aliphatic carbocycles. The number of carboxylic acids is 1. The summed E-state index contributed by atoms with van der Waals surface area (Å²) >= 11 is 0. The van der Waals surface area contributed by atoms with E-state index < -0.39 is 26.5 Å². The number of halogens is 1. The van der Waals surface area contributed by atoms with Gasteiger partial charge < -0.3 is 14.7 Å². The number of aliphatic hydroxyl groups excluding tert-OH is 1. The zero-order chi connectivity index (χ0) is 21.6. The van der Waals surface area contributed by atoms with Gasteiger partial charge in [-0.15, -0.1) is 0 Å². The molecular formula is C22H24FO5P. The van der Waals surface area contributed by atoms with Crippen LogP contribution in [0, 0.1) is 38.4 Å². The predicted octanol–water partition coefficient (Wildman–Crippen LogP) is 4.10. The van der Waals surface area contributed by atoms with E-state index in [-0.39, 0.29) is 18.6 Å². The van der Waals surface area contributed by atoms with Gasteiger partial charge in [0.25, 0.3) is 0 Å². The van der Waals surface area contributed by atoms with Gasteiger partial charge >= 0.3 is 5.97 Å². The minimum Gasteiger partial charge on any atom is -0.481 e. The van der Waals surface area contributed by atoms with Gasteiger partial charge in [-0.3, -0.25) is 9.36 Å². The maximum atomic E-state index is 13.6. The molecule has 0 fully saturated rings. The highest BCUT2D eigenvalue weighted by atomic mass is 31.1. The van der Waals surface area contributed by atoms with E-state index in [0.29, 0.717) is 5.56 Å². The Morgan fingerprint density at radius 1 is 1.21 bits per heavy atom. The van der Waals surface area contributed by atoms with Gasteiger partial charge in [0.15, 0.2) is 8.03 Å². The van der Waals surface area contributed by atoms with E-state index in [1.54, 1.807) is 19.1 Å². The van der Waals surface area contributed by atoms with Crippen LogP contribution in [0.2, 0.25) is 0 Å². The molecule has 0 radical (unpaired) electrons. The lowest BCUT2D eigenvalue weighted by Crippen LogP contribution is -2.15. The number of aliphatic hydroxyl groups is 1. The molecule has 2 rings (SSSR count). The Balaban J connectivity index is 2.16. The molecule has 2 unspecified atom stereocenters. The second-order valence-corrected chi connectivity index (χ2v) is 8.33. The molecule has 29 heavy (non-hydrogen) atoms. The Kier molecular flexibility index (Phi) is 8.16. The second-order valence-electron chi connectivity index (χ2n) is 6.89. The summed E-state index contributed by atoms with van der Waals surface area (Å²) in [5.74, 6) is 4.43. The molecule has 0 aliphatic heterocycles. The molecule has 0 spiro atoms. The summed E-state index contributed by atoms with van der Waals surface area (Å²) in [6.45, 7) is 5.51. The quantitative estimate of drug-likeness (QED) is 0.523. The molecule has 5 nitrogen and oxygen atoms in total. The molecular weight excluding hydrogens is 394 g/mol. The van der Waals surface area contributed by atoms with Crippen molar-refractivity contribution in [2.75, 3.05) is 12.8 Å². The fourth-order valence-corrected chi connectivity index (χ4v) is 3.82. The van der Waals surface area contributed by atoms with E-state index in [9.17, 15) is 18.9 Å². The molecule has 0 amide bonds. The van der Waals surface area contributed by atoms with Gasteiger partial charge in [-0.2, -0.15) is 0 Å². The zero-order valence-electron chi connectivity index (χ0n) is 16.6. The first kappa shape index (κ1) is 22.8. The number of carbonyl (C=O) groups is 1. The van der Waals surface area contributed by atoms with Crippen molar-refractivity contribution in [1.29, 1.82) is 0 Å². The average molecular weight is 418 g/mol. The van der Waals surface area contributed by atoms with E-state index in [1.807, 2.05) is 26.0 Å². The first-order valence-electron chi connectivity index (χ1n) is 9.09. The van der Waals surface area contributed by atoms with Gasteiger partial charge in [0, 0.05) is 11.7 Å². The average Bonchev–Trinajstić information content (AvgIpc) is 2.61. The van der Waals surface area contributed by atoms with Crippen molar-refractivity contribution >= 4 is 14.0 Å². The Bertz CT molecular complexity index is 991. The van der Waals surface area contributed by atoms with Gasteiger partial charge in [-0.1, -0.05) is 35.6 Å². The third-order valence-electron chi connectivity index (χ3n) is 4.28. The van der Waals surface area contributed by atoms with Crippen LogP contribution in [0.5, 0.6) is 0 Å². The molecule has 0 aromatic heterocycles. The lowest BCUT2D eigenvalue weighted by Gasteiger charge is -2.11. The van der Waals surface area contributed by atoms with E-state index in [2.05, 4.69) is 11.8 Å². The van der Waals surface area contributed by atoms with Gasteiger partial charge in [0.2, 0.25) is 0 Å². The molecule has 2 atom stereocenters. The molecule has 2 N–H and O–H groups in total. The van der Waals surface area contributed by atoms with Crippen LogP contribution in [-0.4, -0.2) is 35.1 Å². The first-order valence-corrected chi connectivity index (χ1v) is 10.6. The van der Waals surface area contributed by atoms with Crippen LogP contribution in [-0.2, 0) is 13.9 Å². The molecule has 154 valence electrons. The molecule has 0 heterocycles. The number of aliphatic carboxylic acids is 1. The van der Waals surface area contributed by atoms with Crippen molar-refractivity contribution < 1.29 is 28.5 Å². The van der Waals surface area contributed by atoms with Crippen LogP contribution >= 0.6 is 8.03 Å². The van der Waals surface area contributed by atoms with Crippen LogP contribution in [0.3, 0.4) is 0 Å². The zero-order valence-corrected chi connectivity index (χ0v) is 17.6. The van der Waals surface area contributed by atoms with Crippen molar-refractivity contribution in [3.63, 3.8) is 0 Å². The van der Waals surface area contributed by atoms with Gasteiger partial charge in [0.05, 0.1) is 12.5 Å². The summed E-state index contributed by atoms with van der Waals surface area (Å²) in [6.07, 6.45) is -1.91. The van der Waals surface area contributed by atoms with E-state index in [1.165, 1.54) is 6.07 Å². The van der Waals surface area contributed by atoms with Gasteiger partial charge in [-0.05, 0) is 55.2 Å². The lowest BCUT2D eigenvalue weighted by atomic mass is 9.93. The summed E-state index contributed by atoms with van der Waals surface area (Å²) < 4.78 is 30.6. The largest absolute Gasteiger partial charge is 0.481 e. The minimum atomic E-state index is -2.58. The Labute approximate surface area is 170 Å². The van der Waals surface area contributed by atoms with Crippen LogP contribution < -0.4 is 0 Å². The fourth-order valence-electron chi connectivity index (χ4n) is 2.94. The number of carboxylic acid groups (broad SMARTS) is 1. The van der Waals surface area contributed by atoms with Crippen LogP contribution in [0.25, 0.3) is 11.1 Å². The third-order valence-corrected chi connectivity index (χ3v) is 5.55. The Morgan fingerprint density at radius 2 is 1.93 bits per heavy atom. The highest BCUT2D eigenvalue weighted by Crippen LogP contribution is 2.29. The predicted molar refractivity (Wildman–Crippen MR) is 111 cm³/mol. The Hall–Kier alpha value is -2.45. The number of rotatable bonds is 7. The maximum absolute atomic E-state index is 13.6. The van der Waals surface area contributed by atoms with E-state index >= 15 is 0 Å². The summed E-state index contributed by atoms with van der Waals surface area (Å²) in [5, 5.41) is 18.1. The molecule has 0 saturated heterocycles. The van der Waals surface area contributed by atoms with Crippen molar-refractivity contribution in [1.82, 2.24) is 0 Å². The fraction of sp³-hybridized carbons (Fsp3) is 0.318. The van der Waals surface area contributed by atoms with Gasteiger partial charge in [0.1, 0.15) is 12.4 Å². The van der Waals surface area contributed by atoms with Crippen LogP contribution in [0.1, 0.15) is 28.7 Å². The summed E-state index contributed by atoms with van der Waals surface area (Å²) in [6, 6.07) is 8.89. The monoisotopic (exact) mass is 418 g/mol. The molecule has 7 heteroatoms. The summed E-state index contributed by atoms with van der Waals surface area (Å²) in [7, 11) is -2.58. The third kappa shape index (κ3) is 6.83. The maximum Gasteiger partial charge on any atom is 0.305 e. The normalized spacial score (nSPS) is 12.7. The molecule has 2 aromatic rings. The van der Waals surface area contributed by atoms with Crippen molar-refractivity contribution in [3.8, 4) is 23.0 Å². The highest BCUT2D eigenvalue weighted by Gasteiger charge is 2.13. The van der Waals surface area contributed by atoms with Crippen LogP contribution in [0.15, 0.2) is 30.3 Å². The second kappa shape index (κ2) is 10.4. The van der Waals surface area contributed by atoms with Crippen LogP contribution in [0.4, 0.5) is 4.39 Å². The summed E-state index contributed by atoms with van der Waals surface area (Å²) in [5.41, 5.74) is 5.06. The molecule has 0 bridgehead atoms.